The summed E-state index contributed by atoms with van der Waals surface area (Å²) in [5.74, 6) is -0.686. The highest BCUT2D eigenvalue weighted by Gasteiger charge is 2.43. The predicted octanol–water partition coefficient (Wildman–Crippen LogP) is 1.46. The maximum Gasteiger partial charge on any atom is 0.325 e. The third-order valence-electron chi connectivity index (χ3n) is 4.03. The first-order valence-electron chi connectivity index (χ1n) is 7.99. The van der Waals surface area contributed by atoms with Gasteiger partial charge in [0.1, 0.15) is 5.54 Å². The summed E-state index contributed by atoms with van der Waals surface area (Å²) in [6.45, 7) is 3.46. The molecule has 2 heterocycles. The van der Waals surface area contributed by atoms with Crippen molar-refractivity contribution in [1.29, 1.82) is 0 Å². The summed E-state index contributed by atoms with van der Waals surface area (Å²) in [4.78, 5) is 51.1. The van der Waals surface area contributed by atoms with Gasteiger partial charge in [0.15, 0.2) is 0 Å². The van der Waals surface area contributed by atoms with Gasteiger partial charge in [0.25, 0.3) is 11.8 Å². The van der Waals surface area contributed by atoms with Crippen LogP contribution in [0.4, 0.5) is 10.5 Å². The summed E-state index contributed by atoms with van der Waals surface area (Å²) in [5.41, 5.74) is 0.277. The van der Waals surface area contributed by atoms with E-state index in [1.807, 2.05) is 0 Å². The Morgan fingerprint density at radius 2 is 1.81 bits per heavy atom. The number of urea groups is 1. The van der Waals surface area contributed by atoms with Gasteiger partial charge in [-0.15, -0.1) is 0 Å². The number of anilines is 1. The van der Waals surface area contributed by atoms with Gasteiger partial charge in [0.05, 0.1) is 6.54 Å². The summed E-state index contributed by atoms with van der Waals surface area (Å²) in [5, 5.41) is 5.31. The molecule has 0 unspecified atom stereocenters. The van der Waals surface area contributed by atoms with Crippen molar-refractivity contribution in [3.63, 3.8) is 0 Å². The molecule has 134 valence electrons. The molecule has 8 heteroatoms. The highest BCUT2D eigenvalue weighted by Crippen LogP contribution is 2.20. The van der Waals surface area contributed by atoms with Crippen molar-refractivity contribution in [1.82, 2.24) is 15.2 Å². The SMILES string of the molecule is CC1(C)NC(=O)N(Cc2ccc(NC(=O)c3cc[nH]c(=O)c3)cc2)C1=O. The van der Waals surface area contributed by atoms with E-state index in [0.29, 0.717) is 5.69 Å². The molecule has 3 N–H and O–H groups in total. The molecule has 2 aromatic rings. The van der Waals surface area contributed by atoms with Crippen LogP contribution in [-0.4, -0.2) is 33.3 Å². The number of rotatable bonds is 4. The third-order valence-corrected chi connectivity index (χ3v) is 4.03. The van der Waals surface area contributed by atoms with Gasteiger partial charge in [-0.1, -0.05) is 12.1 Å². The molecule has 1 aliphatic rings. The van der Waals surface area contributed by atoms with E-state index in [0.717, 1.165) is 10.5 Å². The van der Waals surface area contributed by atoms with Crippen LogP contribution in [-0.2, 0) is 11.3 Å². The van der Waals surface area contributed by atoms with Gasteiger partial charge < -0.3 is 15.6 Å². The van der Waals surface area contributed by atoms with Crippen molar-refractivity contribution in [2.75, 3.05) is 5.32 Å². The van der Waals surface area contributed by atoms with Gasteiger partial charge >= 0.3 is 6.03 Å². The van der Waals surface area contributed by atoms with E-state index in [1.165, 1.54) is 18.3 Å². The maximum absolute atomic E-state index is 12.2. The van der Waals surface area contributed by atoms with Crippen LogP contribution >= 0.6 is 0 Å². The number of H-pyrrole nitrogens is 1. The summed E-state index contributed by atoms with van der Waals surface area (Å²) in [6, 6.07) is 9.08. The van der Waals surface area contributed by atoms with Crippen molar-refractivity contribution in [3.05, 3.63) is 64.1 Å². The first-order valence-corrected chi connectivity index (χ1v) is 7.99. The molecule has 1 aromatic heterocycles. The summed E-state index contributed by atoms with van der Waals surface area (Å²) < 4.78 is 0. The van der Waals surface area contributed by atoms with Gasteiger partial charge in [-0.25, -0.2) is 4.79 Å². The Labute approximate surface area is 149 Å². The van der Waals surface area contributed by atoms with E-state index in [1.54, 1.807) is 38.1 Å². The van der Waals surface area contributed by atoms with Crippen molar-refractivity contribution in [3.8, 4) is 0 Å². The minimum Gasteiger partial charge on any atom is -0.329 e. The van der Waals surface area contributed by atoms with Crippen LogP contribution in [0.2, 0.25) is 0 Å². The Morgan fingerprint density at radius 3 is 2.38 bits per heavy atom. The number of nitrogens with one attached hydrogen (secondary N) is 3. The zero-order valence-electron chi connectivity index (χ0n) is 14.3. The fourth-order valence-electron chi connectivity index (χ4n) is 2.63. The average molecular weight is 354 g/mol. The molecule has 0 spiro atoms. The van der Waals surface area contributed by atoms with E-state index in [4.69, 9.17) is 0 Å². The number of imide groups is 1. The highest BCUT2D eigenvalue weighted by atomic mass is 16.2. The molecule has 0 saturated carbocycles. The smallest absolute Gasteiger partial charge is 0.325 e. The number of carbonyl (C=O) groups excluding carboxylic acids is 3. The Bertz CT molecular complexity index is 931. The Hall–Kier alpha value is -3.42. The van der Waals surface area contributed by atoms with Gasteiger partial charge in [-0.05, 0) is 37.6 Å². The second-order valence-electron chi connectivity index (χ2n) is 6.54. The zero-order chi connectivity index (χ0) is 18.9. The first-order chi connectivity index (χ1) is 12.3. The Morgan fingerprint density at radius 1 is 1.12 bits per heavy atom. The van der Waals surface area contributed by atoms with Crippen LogP contribution < -0.4 is 16.2 Å². The van der Waals surface area contributed by atoms with Gasteiger partial charge in [-0.2, -0.15) is 0 Å². The molecule has 1 aliphatic heterocycles. The number of nitrogens with zero attached hydrogens (tertiary/aromatic N) is 1. The van der Waals surface area contributed by atoms with Crippen molar-refractivity contribution >= 4 is 23.5 Å². The Balaban J connectivity index is 1.67. The molecule has 0 aliphatic carbocycles. The molecule has 0 bridgehead atoms. The van der Waals surface area contributed by atoms with Crippen LogP contribution in [0.5, 0.6) is 0 Å². The van der Waals surface area contributed by atoms with Gasteiger partial charge in [-0.3, -0.25) is 19.3 Å². The number of aromatic nitrogens is 1. The molecule has 1 fully saturated rings. The van der Waals surface area contributed by atoms with Crippen molar-refractivity contribution < 1.29 is 14.4 Å². The molecular weight excluding hydrogens is 336 g/mol. The fraction of sp³-hybridized carbons (Fsp3) is 0.222. The lowest BCUT2D eigenvalue weighted by Crippen LogP contribution is -2.40. The number of benzene rings is 1. The minimum absolute atomic E-state index is 0.149. The van der Waals surface area contributed by atoms with E-state index in [-0.39, 0.29) is 23.6 Å². The zero-order valence-corrected chi connectivity index (χ0v) is 14.3. The molecule has 4 amide bonds. The van der Waals surface area contributed by atoms with Crippen molar-refractivity contribution in [2.24, 2.45) is 0 Å². The second kappa shape index (κ2) is 6.47. The van der Waals surface area contributed by atoms with Gasteiger partial charge in [0, 0.05) is 23.5 Å². The highest BCUT2D eigenvalue weighted by molar-refractivity contribution is 6.06. The quantitative estimate of drug-likeness (QED) is 0.722. The number of aromatic amines is 1. The van der Waals surface area contributed by atoms with E-state index < -0.39 is 17.5 Å². The standard InChI is InChI=1S/C18H18N4O4/c1-18(2)16(25)22(17(26)21-18)10-11-3-5-13(6-4-11)20-15(24)12-7-8-19-14(23)9-12/h3-9H,10H2,1-2H3,(H,19,23)(H,20,24)(H,21,26). The van der Waals surface area contributed by atoms with Crippen LogP contribution in [0.25, 0.3) is 0 Å². The number of pyridine rings is 1. The minimum atomic E-state index is -0.904. The number of hydrogen-bond acceptors (Lipinski definition) is 4. The average Bonchev–Trinajstić information content (AvgIpc) is 2.78. The Kier molecular flexibility index (Phi) is 4.33. The van der Waals surface area contributed by atoms with E-state index >= 15 is 0 Å². The van der Waals surface area contributed by atoms with Crippen LogP contribution in [0, 0.1) is 0 Å². The lowest BCUT2D eigenvalue weighted by atomic mass is 10.1. The predicted molar refractivity (Wildman–Crippen MR) is 94.6 cm³/mol. The van der Waals surface area contributed by atoms with E-state index in [2.05, 4.69) is 15.6 Å². The molecule has 0 radical (unpaired) electrons. The number of hydrogen-bond donors (Lipinski definition) is 3. The van der Waals surface area contributed by atoms with Crippen LogP contribution in [0.15, 0.2) is 47.4 Å². The van der Waals surface area contributed by atoms with Crippen LogP contribution in [0.3, 0.4) is 0 Å². The summed E-state index contributed by atoms with van der Waals surface area (Å²) >= 11 is 0. The van der Waals surface area contributed by atoms with Gasteiger partial charge in [0.2, 0.25) is 5.56 Å². The first kappa shape index (κ1) is 17.4. The molecular formula is C18H18N4O4. The monoisotopic (exact) mass is 354 g/mol. The fourth-order valence-corrected chi connectivity index (χ4v) is 2.63. The molecule has 0 atom stereocenters. The third kappa shape index (κ3) is 3.49. The van der Waals surface area contributed by atoms with Crippen LogP contribution in [0.1, 0.15) is 29.8 Å². The summed E-state index contributed by atoms with van der Waals surface area (Å²) in [7, 11) is 0. The van der Waals surface area contributed by atoms with Crippen molar-refractivity contribution in [2.45, 2.75) is 25.9 Å². The lowest BCUT2D eigenvalue weighted by molar-refractivity contribution is -0.130. The molecule has 3 rings (SSSR count). The molecule has 26 heavy (non-hydrogen) atoms. The molecule has 1 aromatic carbocycles. The summed E-state index contributed by atoms with van der Waals surface area (Å²) in [6.07, 6.45) is 1.40. The second-order valence-corrected chi connectivity index (χ2v) is 6.54. The number of carbonyl (C=O) groups is 3. The maximum atomic E-state index is 12.2. The lowest BCUT2D eigenvalue weighted by Gasteiger charge is -2.16. The normalized spacial score (nSPS) is 15.7. The molecule has 1 saturated heterocycles. The molecule has 8 nitrogen and oxygen atoms in total. The topological polar surface area (TPSA) is 111 Å². The number of amides is 4. The largest absolute Gasteiger partial charge is 0.329 e. The van der Waals surface area contributed by atoms with E-state index in [9.17, 15) is 19.2 Å².